The van der Waals surface area contributed by atoms with E-state index >= 15 is 0 Å². The van der Waals surface area contributed by atoms with Gasteiger partial charge < -0.3 is 15.8 Å². The number of ether oxygens (including phenoxy) is 1. The van der Waals surface area contributed by atoms with Crippen LogP contribution in [0.2, 0.25) is 0 Å². The molecule has 0 spiro atoms. The fourth-order valence-electron chi connectivity index (χ4n) is 2.28. The van der Waals surface area contributed by atoms with Crippen LogP contribution < -0.4 is 11.1 Å². The molecule has 0 saturated carbocycles. The van der Waals surface area contributed by atoms with E-state index in [0.717, 1.165) is 10.9 Å². The van der Waals surface area contributed by atoms with Gasteiger partial charge >= 0.3 is 5.97 Å². The van der Waals surface area contributed by atoms with Crippen molar-refractivity contribution >= 4 is 28.5 Å². The second-order valence-corrected chi connectivity index (χ2v) is 4.53. The molecule has 0 aliphatic carbocycles. The summed E-state index contributed by atoms with van der Waals surface area (Å²) in [6.07, 6.45) is 0. The molecule has 2 heterocycles. The van der Waals surface area contributed by atoms with Gasteiger partial charge in [0, 0.05) is 17.5 Å². The van der Waals surface area contributed by atoms with Gasteiger partial charge in [0.25, 0.3) is 5.91 Å². The highest BCUT2D eigenvalue weighted by atomic mass is 16.5. The molecule has 102 valence electrons. The van der Waals surface area contributed by atoms with Crippen LogP contribution in [-0.2, 0) is 11.3 Å². The first kappa shape index (κ1) is 12.4. The zero-order valence-electron chi connectivity index (χ0n) is 10.9. The van der Waals surface area contributed by atoms with Crippen molar-refractivity contribution in [3.63, 3.8) is 0 Å². The van der Waals surface area contributed by atoms with Gasteiger partial charge in [-0.2, -0.15) is 0 Å². The maximum Gasteiger partial charge on any atom is 0.359 e. The number of nitrogens with one attached hydrogen (secondary N) is 1. The van der Waals surface area contributed by atoms with Gasteiger partial charge in [0.2, 0.25) is 0 Å². The van der Waals surface area contributed by atoms with E-state index in [4.69, 9.17) is 10.5 Å². The molecule has 2 aromatic rings. The number of carbonyl (C=O) groups excluding carboxylic acids is 2. The third-order valence-corrected chi connectivity index (χ3v) is 3.22. The smallest absolute Gasteiger partial charge is 0.359 e. The van der Waals surface area contributed by atoms with E-state index in [1.165, 1.54) is 0 Å². The van der Waals surface area contributed by atoms with Crippen molar-refractivity contribution in [3.8, 4) is 0 Å². The monoisotopic (exact) mass is 271 g/mol. The van der Waals surface area contributed by atoms with Gasteiger partial charge in [-0.25, -0.2) is 9.78 Å². The number of fused-ring (bicyclic) bond motifs is 2. The summed E-state index contributed by atoms with van der Waals surface area (Å²) in [5.74, 6) is -0.685. The van der Waals surface area contributed by atoms with Crippen LogP contribution in [0.25, 0.3) is 10.9 Å². The van der Waals surface area contributed by atoms with Crippen LogP contribution in [0, 0.1) is 0 Å². The summed E-state index contributed by atoms with van der Waals surface area (Å²) in [6, 6.07) is 5.22. The number of anilines is 1. The number of esters is 1. The molecule has 1 aliphatic rings. The fraction of sp³-hybridized carbons (Fsp3) is 0.214. The summed E-state index contributed by atoms with van der Waals surface area (Å²) in [4.78, 5) is 27.6. The van der Waals surface area contributed by atoms with Crippen LogP contribution in [0.3, 0.4) is 0 Å². The third-order valence-electron chi connectivity index (χ3n) is 3.22. The van der Waals surface area contributed by atoms with Gasteiger partial charge in [-0.3, -0.25) is 4.79 Å². The molecule has 0 unspecified atom stereocenters. The van der Waals surface area contributed by atoms with Crippen molar-refractivity contribution in [2.75, 3.05) is 12.3 Å². The number of hydrogen-bond acceptors (Lipinski definition) is 5. The minimum Gasteiger partial charge on any atom is -0.461 e. The Hall–Kier alpha value is -2.63. The van der Waals surface area contributed by atoms with Crippen molar-refractivity contribution in [2.45, 2.75) is 13.5 Å². The van der Waals surface area contributed by atoms with Crippen LogP contribution in [0.4, 0.5) is 5.69 Å². The molecule has 3 N–H and O–H groups in total. The molecular weight excluding hydrogens is 258 g/mol. The fourth-order valence-corrected chi connectivity index (χ4v) is 2.28. The summed E-state index contributed by atoms with van der Waals surface area (Å²) in [6.45, 7) is 2.47. The predicted molar refractivity (Wildman–Crippen MR) is 73.3 cm³/mol. The Morgan fingerprint density at radius 3 is 3.00 bits per heavy atom. The molecule has 6 heteroatoms. The van der Waals surface area contributed by atoms with Crippen molar-refractivity contribution in [2.24, 2.45) is 0 Å². The van der Waals surface area contributed by atoms with E-state index in [1.807, 2.05) is 6.07 Å². The quantitative estimate of drug-likeness (QED) is 0.801. The van der Waals surface area contributed by atoms with Gasteiger partial charge in [-0.1, -0.05) is 0 Å². The number of nitrogens with zero attached hydrogens (tertiary/aromatic N) is 1. The maximum absolute atomic E-state index is 11.8. The van der Waals surface area contributed by atoms with Gasteiger partial charge in [-0.15, -0.1) is 0 Å². The Kier molecular flexibility index (Phi) is 2.78. The molecule has 1 amide bonds. The van der Waals surface area contributed by atoms with E-state index in [2.05, 4.69) is 10.3 Å². The lowest BCUT2D eigenvalue weighted by Crippen LogP contribution is -2.12. The highest BCUT2D eigenvalue weighted by molar-refractivity contribution is 6.03. The third kappa shape index (κ3) is 1.85. The number of aromatic nitrogens is 1. The van der Waals surface area contributed by atoms with Crippen LogP contribution in [0.1, 0.15) is 33.3 Å². The SMILES string of the molecule is CCOC(=O)c1nc2cc3c(cc2cc1N)CNC3=O. The molecule has 0 fully saturated rings. The Morgan fingerprint density at radius 2 is 2.25 bits per heavy atom. The van der Waals surface area contributed by atoms with E-state index in [-0.39, 0.29) is 23.9 Å². The average Bonchev–Trinajstić information content (AvgIpc) is 2.77. The Morgan fingerprint density at radius 1 is 1.45 bits per heavy atom. The molecule has 3 rings (SSSR count). The van der Waals surface area contributed by atoms with E-state index < -0.39 is 5.97 Å². The van der Waals surface area contributed by atoms with E-state index in [9.17, 15) is 9.59 Å². The first-order chi connectivity index (χ1) is 9.60. The number of nitrogens with two attached hydrogens (primary N) is 1. The maximum atomic E-state index is 11.8. The van der Waals surface area contributed by atoms with Gasteiger partial charge in [0.1, 0.15) is 0 Å². The average molecular weight is 271 g/mol. The minimum absolute atomic E-state index is 0.0812. The zero-order valence-corrected chi connectivity index (χ0v) is 10.9. The van der Waals surface area contributed by atoms with E-state index in [1.54, 1.807) is 19.1 Å². The van der Waals surface area contributed by atoms with Crippen molar-refractivity contribution < 1.29 is 14.3 Å². The van der Waals surface area contributed by atoms with Crippen LogP contribution in [0.5, 0.6) is 0 Å². The first-order valence-corrected chi connectivity index (χ1v) is 6.28. The Labute approximate surface area is 114 Å². The van der Waals surface area contributed by atoms with Gasteiger partial charge in [-0.05, 0) is 30.7 Å². The second-order valence-electron chi connectivity index (χ2n) is 4.53. The number of benzene rings is 1. The summed E-state index contributed by atoms with van der Waals surface area (Å²) >= 11 is 0. The topological polar surface area (TPSA) is 94.3 Å². The lowest BCUT2D eigenvalue weighted by atomic mass is 10.1. The molecule has 6 nitrogen and oxygen atoms in total. The van der Waals surface area contributed by atoms with Crippen LogP contribution >= 0.6 is 0 Å². The van der Waals surface area contributed by atoms with E-state index in [0.29, 0.717) is 17.6 Å². The minimum atomic E-state index is -0.558. The predicted octanol–water partition coefficient (Wildman–Crippen LogP) is 1.24. The van der Waals surface area contributed by atoms with Gasteiger partial charge in [0.05, 0.1) is 17.8 Å². The van der Waals surface area contributed by atoms with Crippen molar-refractivity contribution in [1.29, 1.82) is 0 Å². The van der Waals surface area contributed by atoms with Crippen LogP contribution in [0.15, 0.2) is 18.2 Å². The molecule has 1 aromatic heterocycles. The molecule has 0 saturated heterocycles. The molecule has 0 atom stereocenters. The first-order valence-electron chi connectivity index (χ1n) is 6.28. The number of amides is 1. The number of nitrogen functional groups attached to an aromatic ring is 1. The van der Waals surface area contributed by atoms with Crippen molar-refractivity contribution in [1.82, 2.24) is 10.3 Å². The second kappa shape index (κ2) is 4.48. The number of hydrogen-bond donors (Lipinski definition) is 2. The largest absolute Gasteiger partial charge is 0.461 e. The number of carbonyl (C=O) groups is 2. The summed E-state index contributed by atoms with van der Waals surface area (Å²) < 4.78 is 4.91. The van der Waals surface area contributed by atoms with Crippen LogP contribution in [-0.4, -0.2) is 23.5 Å². The summed E-state index contributed by atoms with van der Waals surface area (Å²) in [5, 5.41) is 3.54. The van der Waals surface area contributed by atoms with Crippen molar-refractivity contribution in [3.05, 3.63) is 35.0 Å². The molecule has 20 heavy (non-hydrogen) atoms. The standard InChI is InChI=1S/C14H13N3O3/c1-2-20-14(19)12-10(15)4-7-3-8-6-16-13(18)9(8)5-11(7)17-12/h3-5H,2,6,15H2,1H3,(H,16,18). The molecular formula is C14H13N3O3. The normalized spacial score (nSPS) is 13.2. The Balaban J connectivity index is 2.17. The molecule has 1 aromatic carbocycles. The lowest BCUT2D eigenvalue weighted by molar-refractivity contribution is 0.0521. The molecule has 0 radical (unpaired) electrons. The molecule has 1 aliphatic heterocycles. The lowest BCUT2D eigenvalue weighted by Gasteiger charge is -2.07. The number of rotatable bonds is 2. The highest BCUT2D eigenvalue weighted by Gasteiger charge is 2.21. The summed E-state index contributed by atoms with van der Waals surface area (Å²) in [5.41, 5.74) is 8.25. The molecule has 0 bridgehead atoms. The highest BCUT2D eigenvalue weighted by Crippen LogP contribution is 2.25. The zero-order chi connectivity index (χ0) is 14.3. The van der Waals surface area contributed by atoms with Gasteiger partial charge in [0.15, 0.2) is 5.69 Å². The summed E-state index contributed by atoms with van der Waals surface area (Å²) in [7, 11) is 0. The number of pyridine rings is 1. The Bertz CT molecular complexity index is 740.